The van der Waals surface area contributed by atoms with Gasteiger partial charge in [0.1, 0.15) is 0 Å². The van der Waals surface area contributed by atoms with E-state index in [1.807, 2.05) is 18.2 Å². The van der Waals surface area contributed by atoms with Crippen LogP contribution >= 0.6 is 0 Å². The van der Waals surface area contributed by atoms with E-state index in [1.54, 1.807) is 12.1 Å². The Morgan fingerprint density at radius 3 is 1.82 bits per heavy atom. The van der Waals surface area contributed by atoms with Crippen molar-refractivity contribution in [3.63, 3.8) is 0 Å². The molecule has 1 atom stereocenters. The molecule has 2 aromatic rings. The second-order valence-corrected chi connectivity index (χ2v) is 9.13. The van der Waals surface area contributed by atoms with E-state index in [2.05, 4.69) is 44.7 Å². The van der Waals surface area contributed by atoms with E-state index in [4.69, 9.17) is 0 Å². The highest BCUT2D eigenvalue weighted by atomic mass is 19.4. The summed E-state index contributed by atoms with van der Waals surface area (Å²) in [7, 11) is 0. The Labute approximate surface area is 203 Å². The summed E-state index contributed by atoms with van der Waals surface area (Å²) < 4.78 is 42.8. The van der Waals surface area contributed by atoms with E-state index in [9.17, 15) is 13.2 Å². The van der Waals surface area contributed by atoms with Crippen molar-refractivity contribution in [2.24, 2.45) is 0 Å². The zero-order valence-corrected chi connectivity index (χ0v) is 21.0. The molecule has 0 spiro atoms. The normalized spacial score (nSPS) is 17.0. The first-order valence-electron chi connectivity index (χ1n) is 12.8. The standard InChI is InChI=1S/C30H38F3N/c1-5-14-23-24(15-6-2)27(17-8-4)34(28-21-13-12-20-26(28)30(31,32)33)29(25(23)16-7-3)22-18-10-9-11-19-22/h9-13,18-21,29H,5-8,14-17H2,1-4H3. The van der Waals surface area contributed by atoms with Crippen LogP contribution in [0.5, 0.6) is 0 Å². The van der Waals surface area contributed by atoms with Crippen LogP contribution in [0.2, 0.25) is 0 Å². The van der Waals surface area contributed by atoms with E-state index in [0.29, 0.717) is 0 Å². The van der Waals surface area contributed by atoms with Crippen LogP contribution in [-0.4, -0.2) is 0 Å². The molecule has 0 radical (unpaired) electrons. The number of allylic oxidation sites excluding steroid dienone is 3. The van der Waals surface area contributed by atoms with Crippen molar-refractivity contribution in [1.29, 1.82) is 0 Å². The minimum atomic E-state index is -4.42. The second kappa shape index (κ2) is 11.8. The van der Waals surface area contributed by atoms with Crippen molar-refractivity contribution in [3.8, 4) is 0 Å². The van der Waals surface area contributed by atoms with Gasteiger partial charge < -0.3 is 4.90 Å². The van der Waals surface area contributed by atoms with Gasteiger partial charge in [-0.15, -0.1) is 0 Å². The molecule has 0 fully saturated rings. The average molecular weight is 470 g/mol. The van der Waals surface area contributed by atoms with Crippen LogP contribution in [0.1, 0.15) is 96.2 Å². The molecule has 1 nitrogen and oxygen atoms in total. The zero-order valence-electron chi connectivity index (χ0n) is 21.0. The Bertz CT molecular complexity index is 1000. The van der Waals surface area contributed by atoms with Gasteiger partial charge in [0.2, 0.25) is 0 Å². The molecule has 34 heavy (non-hydrogen) atoms. The Morgan fingerprint density at radius 2 is 1.24 bits per heavy atom. The molecular formula is C30H38F3N. The lowest BCUT2D eigenvalue weighted by Crippen LogP contribution is -2.36. The number of alkyl halides is 3. The van der Waals surface area contributed by atoms with Crippen molar-refractivity contribution in [3.05, 3.63) is 88.1 Å². The van der Waals surface area contributed by atoms with E-state index in [0.717, 1.165) is 62.6 Å². The highest BCUT2D eigenvalue weighted by Crippen LogP contribution is 2.51. The van der Waals surface area contributed by atoms with Gasteiger partial charge in [-0.1, -0.05) is 95.8 Å². The van der Waals surface area contributed by atoms with Gasteiger partial charge >= 0.3 is 6.18 Å². The van der Waals surface area contributed by atoms with Crippen LogP contribution < -0.4 is 4.90 Å². The van der Waals surface area contributed by atoms with Gasteiger partial charge in [-0.3, -0.25) is 0 Å². The van der Waals surface area contributed by atoms with Crippen LogP contribution in [0.15, 0.2) is 77.0 Å². The molecule has 0 saturated carbocycles. The van der Waals surface area contributed by atoms with Gasteiger partial charge in [0.25, 0.3) is 0 Å². The summed E-state index contributed by atoms with van der Waals surface area (Å²) in [6.07, 6.45) is 2.93. The molecule has 184 valence electrons. The number of benzene rings is 2. The minimum absolute atomic E-state index is 0.228. The predicted molar refractivity (Wildman–Crippen MR) is 137 cm³/mol. The maximum Gasteiger partial charge on any atom is 0.418 e. The smallest absolute Gasteiger partial charge is 0.333 e. The summed E-state index contributed by atoms with van der Waals surface area (Å²) in [5.74, 6) is 0. The minimum Gasteiger partial charge on any atom is -0.333 e. The monoisotopic (exact) mass is 469 g/mol. The predicted octanol–water partition coefficient (Wildman–Crippen LogP) is 10.0. The van der Waals surface area contributed by atoms with Gasteiger partial charge in [-0.25, -0.2) is 0 Å². The van der Waals surface area contributed by atoms with Crippen LogP contribution in [0, 0.1) is 0 Å². The Morgan fingerprint density at radius 1 is 0.676 bits per heavy atom. The van der Waals surface area contributed by atoms with Gasteiger partial charge in [-0.2, -0.15) is 13.2 Å². The van der Waals surface area contributed by atoms with Crippen molar-refractivity contribution >= 4 is 5.69 Å². The molecule has 0 aromatic heterocycles. The summed E-state index contributed by atoms with van der Waals surface area (Å²) in [4.78, 5) is 2.05. The molecule has 1 unspecified atom stereocenters. The van der Waals surface area contributed by atoms with E-state index < -0.39 is 11.7 Å². The van der Waals surface area contributed by atoms with E-state index in [-0.39, 0.29) is 11.7 Å². The fourth-order valence-electron chi connectivity index (χ4n) is 5.36. The van der Waals surface area contributed by atoms with Gasteiger partial charge in [0.15, 0.2) is 0 Å². The fourth-order valence-corrected chi connectivity index (χ4v) is 5.36. The molecule has 3 rings (SSSR count). The van der Waals surface area contributed by atoms with Crippen LogP contribution in [-0.2, 0) is 6.18 Å². The molecule has 1 heterocycles. The van der Waals surface area contributed by atoms with Gasteiger partial charge in [0, 0.05) is 5.70 Å². The number of nitrogens with zero attached hydrogens (tertiary/aromatic N) is 1. The summed E-state index contributed by atoms with van der Waals surface area (Å²) in [5, 5.41) is 0. The topological polar surface area (TPSA) is 3.24 Å². The second-order valence-electron chi connectivity index (χ2n) is 9.13. The maximum absolute atomic E-state index is 14.3. The number of anilines is 1. The summed E-state index contributed by atoms with van der Waals surface area (Å²) in [6.45, 7) is 8.64. The number of rotatable bonds is 10. The highest BCUT2D eigenvalue weighted by Gasteiger charge is 2.40. The third-order valence-electron chi connectivity index (χ3n) is 6.57. The average Bonchev–Trinajstić information content (AvgIpc) is 2.82. The van der Waals surface area contributed by atoms with E-state index >= 15 is 0 Å². The number of halogens is 3. The first-order valence-corrected chi connectivity index (χ1v) is 12.8. The highest BCUT2D eigenvalue weighted by molar-refractivity contribution is 5.67. The summed E-state index contributed by atoms with van der Waals surface area (Å²) in [5.41, 5.74) is 5.79. The molecule has 4 heteroatoms. The van der Waals surface area contributed by atoms with Gasteiger partial charge in [-0.05, 0) is 60.1 Å². The Kier molecular flexibility index (Phi) is 9.04. The zero-order chi connectivity index (χ0) is 24.7. The third kappa shape index (κ3) is 5.42. The third-order valence-corrected chi connectivity index (χ3v) is 6.57. The lowest BCUT2D eigenvalue weighted by molar-refractivity contribution is -0.137. The van der Waals surface area contributed by atoms with Crippen LogP contribution in [0.4, 0.5) is 18.9 Å². The number of para-hydroxylation sites is 1. The quantitative estimate of drug-likeness (QED) is 0.334. The molecule has 2 aromatic carbocycles. The number of hydrogen-bond acceptors (Lipinski definition) is 1. The lowest BCUT2D eigenvalue weighted by atomic mass is 9.78. The first kappa shape index (κ1) is 26.1. The largest absolute Gasteiger partial charge is 0.418 e. The lowest BCUT2D eigenvalue weighted by Gasteiger charge is -2.45. The molecule has 1 aliphatic rings. The van der Waals surface area contributed by atoms with E-state index in [1.165, 1.54) is 28.9 Å². The first-order chi connectivity index (χ1) is 16.4. The van der Waals surface area contributed by atoms with Crippen molar-refractivity contribution in [1.82, 2.24) is 0 Å². The maximum atomic E-state index is 14.3. The molecule has 0 saturated heterocycles. The fraction of sp³-hybridized carbons (Fsp3) is 0.467. The SMILES string of the molecule is CCCC1=C(CCC)C(c2ccccc2)N(c2ccccc2C(F)(F)F)C(CCC)=C1CCC. The number of hydrogen-bond donors (Lipinski definition) is 0. The van der Waals surface area contributed by atoms with Crippen molar-refractivity contribution in [2.75, 3.05) is 4.90 Å². The molecular weight excluding hydrogens is 431 g/mol. The Hall–Kier alpha value is -2.49. The molecule has 1 aliphatic heterocycles. The Balaban J connectivity index is 2.42. The van der Waals surface area contributed by atoms with Crippen molar-refractivity contribution < 1.29 is 13.2 Å². The van der Waals surface area contributed by atoms with Crippen LogP contribution in [0.3, 0.4) is 0 Å². The molecule has 0 aliphatic carbocycles. The van der Waals surface area contributed by atoms with Crippen LogP contribution in [0.25, 0.3) is 0 Å². The van der Waals surface area contributed by atoms with Crippen molar-refractivity contribution in [2.45, 2.75) is 91.3 Å². The summed E-state index contributed by atoms with van der Waals surface area (Å²) >= 11 is 0. The van der Waals surface area contributed by atoms with Gasteiger partial charge in [0.05, 0.1) is 17.3 Å². The molecule has 0 bridgehead atoms. The molecule has 0 N–H and O–H groups in total. The summed E-state index contributed by atoms with van der Waals surface area (Å²) in [6, 6.07) is 16.0. The molecule has 0 amide bonds.